The van der Waals surface area contributed by atoms with Crippen molar-refractivity contribution in [3.63, 3.8) is 0 Å². The smallest absolute Gasteiger partial charge is 0.305 e. The van der Waals surface area contributed by atoms with E-state index < -0.39 is 5.97 Å². The topological polar surface area (TPSA) is 53.4 Å². The number of anilines is 1. The van der Waals surface area contributed by atoms with Gasteiger partial charge < -0.3 is 10.0 Å². The van der Waals surface area contributed by atoms with Crippen molar-refractivity contribution in [1.82, 2.24) is 4.98 Å². The number of hydrogen-bond acceptors (Lipinski definition) is 3. The van der Waals surface area contributed by atoms with Gasteiger partial charge in [0, 0.05) is 24.3 Å². The zero-order valence-corrected chi connectivity index (χ0v) is 12.5. The molecule has 0 aliphatic rings. The van der Waals surface area contributed by atoms with Crippen molar-refractivity contribution in [1.29, 1.82) is 0 Å². The summed E-state index contributed by atoms with van der Waals surface area (Å²) in [5.74, 6) is -0.00149. The van der Waals surface area contributed by atoms with E-state index in [2.05, 4.69) is 4.98 Å². The fourth-order valence-corrected chi connectivity index (χ4v) is 2.24. The summed E-state index contributed by atoms with van der Waals surface area (Å²) in [7, 11) is 0. The van der Waals surface area contributed by atoms with Crippen LogP contribution in [0.1, 0.15) is 17.5 Å². The minimum atomic E-state index is -0.815. The highest BCUT2D eigenvalue weighted by Gasteiger charge is 2.12. The van der Waals surface area contributed by atoms with E-state index >= 15 is 0 Å². The number of rotatable bonds is 6. The minimum Gasteiger partial charge on any atom is -0.481 e. The number of carboxylic acids is 1. The van der Waals surface area contributed by atoms with Crippen molar-refractivity contribution >= 4 is 23.4 Å². The van der Waals surface area contributed by atoms with Crippen LogP contribution in [0, 0.1) is 6.92 Å². The molecule has 2 rings (SSSR count). The molecule has 0 bridgehead atoms. The highest BCUT2D eigenvalue weighted by Crippen LogP contribution is 2.20. The Hall–Kier alpha value is -2.07. The minimum absolute atomic E-state index is 0.0730. The quantitative estimate of drug-likeness (QED) is 0.887. The van der Waals surface area contributed by atoms with Gasteiger partial charge in [-0.15, -0.1) is 0 Å². The van der Waals surface area contributed by atoms with Crippen LogP contribution in [0.15, 0.2) is 42.6 Å². The first-order chi connectivity index (χ1) is 10.1. The Labute approximate surface area is 129 Å². The number of aryl methyl sites for hydroxylation is 1. The third kappa shape index (κ3) is 4.46. The Balaban J connectivity index is 2.21. The lowest BCUT2D eigenvalue weighted by Crippen LogP contribution is -2.27. The van der Waals surface area contributed by atoms with Crippen molar-refractivity contribution in [3.05, 3.63) is 58.7 Å². The van der Waals surface area contributed by atoms with Crippen LogP contribution < -0.4 is 4.90 Å². The van der Waals surface area contributed by atoms with Gasteiger partial charge in [0.2, 0.25) is 0 Å². The molecule has 0 spiro atoms. The summed E-state index contributed by atoms with van der Waals surface area (Å²) in [6, 6.07) is 11.4. The zero-order valence-electron chi connectivity index (χ0n) is 11.8. The Bertz CT molecular complexity index is 614. The number of pyridine rings is 1. The molecule has 0 aliphatic carbocycles. The van der Waals surface area contributed by atoms with Gasteiger partial charge in [0.25, 0.3) is 0 Å². The van der Waals surface area contributed by atoms with Gasteiger partial charge in [0.05, 0.1) is 6.42 Å². The molecule has 0 aliphatic heterocycles. The lowest BCUT2D eigenvalue weighted by molar-refractivity contribution is -0.136. The average Bonchev–Trinajstić information content (AvgIpc) is 2.46. The summed E-state index contributed by atoms with van der Waals surface area (Å²) in [6.45, 7) is 2.98. The van der Waals surface area contributed by atoms with Gasteiger partial charge in [-0.25, -0.2) is 4.98 Å². The van der Waals surface area contributed by atoms with Crippen molar-refractivity contribution < 1.29 is 9.90 Å². The predicted molar refractivity (Wildman–Crippen MR) is 83.7 cm³/mol. The van der Waals surface area contributed by atoms with Crippen LogP contribution in [0.5, 0.6) is 0 Å². The molecule has 0 saturated carbocycles. The van der Waals surface area contributed by atoms with E-state index in [0.29, 0.717) is 18.1 Å². The fraction of sp³-hybridized carbons (Fsp3) is 0.250. The van der Waals surface area contributed by atoms with E-state index in [1.165, 1.54) is 0 Å². The molecule has 1 aromatic heterocycles. The average molecular weight is 305 g/mol. The van der Waals surface area contributed by atoms with Gasteiger partial charge in [0.1, 0.15) is 5.82 Å². The summed E-state index contributed by atoms with van der Waals surface area (Å²) in [6.07, 6.45) is 1.79. The second-order valence-corrected chi connectivity index (χ2v) is 5.27. The Morgan fingerprint density at radius 3 is 2.62 bits per heavy atom. The van der Waals surface area contributed by atoms with E-state index in [0.717, 1.165) is 16.9 Å². The van der Waals surface area contributed by atoms with Crippen molar-refractivity contribution in [3.8, 4) is 0 Å². The number of aromatic nitrogens is 1. The number of carbonyl (C=O) groups is 1. The molecule has 1 heterocycles. The maximum absolute atomic E-state index is 10.9. The third-order valence-electron chi connectivity index (χ3n) is 3.16. The number of carboxylic acid groups (broad SMARTS) is 1. The molecule has 1 aromatic carbocycles. The van der Waals surface area contributed by atoms with Gasteiger partial charge in [-0.05, 0) is 36.2 Å². The Morgan fingerprint density at radius 2 is 2.00 bits per heavy atom. The molecule has 0 saturated heterocycles. The second-order valence-electron chi connectivity index (χ2n) is 4.84. The number of nitrogens with zero attached hydrogens (tertiary/aromatic N) is 2. The van der Waals surface area contributed by atoms with Crippen LogP contribution in [-0.2, 0) is 11.3 Å². The maximum Gasteiger partial charge on any atom is 0.305 e. The van der Waals surface area contributed by atoms with Crippen LogP contribution in [0.2, 0.25) is 5.02 Å². The van der Waals surface area contributed by atoms with Crippen molar-refractivity contribution in [2.75, 3.05) is 11.4 Å². The summed E-state index contributed by atoms with van der Waals surface area (Å²) in [5, 5.41) is 9.60. The monoisotopic (exact) mass is 304 g/mol. The molecule has 110 valence electrons. The molecule has 5 heteroatoms. The molecule has 21 heavy (non-hydrogen) atoms. The number of halogens is 1. The van der Waals surface area contributed by atoms with Crippen LogP contribution >= 0.6 is 11.6 Å². The SMILES string of the molecule is Cc1cccnc1N(CCC(=O)O)Cc1ccc(Cl)cc1. The van der Waals surface area contributed by atoms with Gasteiger partial charge in [-0.2, -0.15) is 0 Å². The standard InChI is InChI=1S/C16H17ClN2O2/c1-12-3-2-9-18-16(12)19(10-8-15(20)21)11-13-4-6-14(17)7-5-13/h2-7,9H,8,10-11H2,1H3,(H,20,21). The van der Waals surface area contributed by atoms with Crippen molar-refractivity contribution in [2.24, 2.45) is 0 Å². The summed E-state index contributed by atoms with van der Waals surface area (Å²) >= 11 is 5.89. The third-order valence-corrected chi connectivity index (χ3v) is 3.42. The summed E-state index contributed by atoms with van der Waals surface area (Å²) in [5.41, 5.74) is 2.09. The number of aliphatic carboxylic acids is 1. The molecule has 0 unspecified atom stereocenters. The molecule has 2 aromatic rings. The van der Waals surface area contributed by atoms with Gasteiger partial charge >= 0.3 is 5.97 Å². The molecule has 0 atom stereocenters. The number of benzene rings is 1. The highest BCUT2D eigenvalue weighted by atomic mass is 35.5. The Kier molecular flexibility index (Phi) is 5.17. The van der Waals surface area contributed by atoms with E-state index in [1.807, 2.05) is 48.2 Å². The molecule has 0 fully saturated rings. The maximum atomic E-state index is 10.9. The van der Waals surface area contributed by atoms with E-state index in [9.17, 15) is 4.79 Å². The Morgan fingerprint density at radius 1 is 1.29 bits per heavy atom. The van der Waals surface area contributed by atoms with Crippen LogP contribution in [0.3, 0.4) is 0 Å². The molecule has 0 radical (unpaired) electrons. The summed E-state index contributed by atoms with van der Waals surface area (Å²) in [4.78, 5) is 17.2. The largest absolute Gasteiger partial charge is 0.481 e. The molecule has 1 N–H and O–H groups in total. The predicted octanol–water partition coefficient (Wildman–Crippen LogP) is 3.52. The van der Waals surface area contributed by atoms with Crippen LogP contribution in [-0.4, -0.2) is 22.6 Å². The molecular weight excluding hydrogens is 288 g/mol. The first-order valence-electron chi connectivity index (χ1n) is 6.69. The molecular formula is C16H17ClN2O2. The van der Waals surface area contributed by atoms with Gasteiger partial charge in [-0.1, -0.05) is 29.8 Å². The summed E-state index contributed by atoms with van der Waals surface area (Å²) < 4.78 is 0. The number of hydrogen-bond donors (Lipinski definition) is 1. The molecule has 4 nitrogen and oxygen atoms in total. The first-order valence-corrected chi connectivity index (χ1v) is 7.07. The molecule has 0 amide bonds. The van der Waals surface area contributed by atoms with Crippen molar-refractivity contribution in [2.45, 2.75) is 19.9 Å². The van der Waals surface area contributed by atoms with E-state index in [4.69, 9.17) is 16.7 Å². The first kappa shape index (κ1) is 15.3. The second kappa shape index (κ2) is 7.09. The van der Waals surface area contributed by atoms with Gasteiger partial charge in [-0.3, -0.25) is 4.79 Å². The lowest BCUT2D eigenvalue weighted by atomic mass is 10.2. The lowest BCUT2D eigenvalue weighted by Gasteiger charge is -2.24. The van der Waals surface area contributed by atoms with Crippen LogP contribution in [0.25, 0.3) is 0 Å². The highest BCUT2D eigenvalue weighted by molar-refractivity contribution is 6.30. The van der Waals surface area contributed by atoms with E-state index in [-0.39, 0.29) is 6.42 Å². The van der Waals surface area contributed by atoms with Gasteiger partial charge in [0.15, 0.2) is 0 Å². The normalized spacial score (nSPS) is 10.4. The van der Waals surface area contributed by atoms with Crippen LogP contribution in [0.4, 0.5) is 5.82 Å². The fourth-order valence-electron chi connectivity index (χ4n) is 2.11. The zero-order chi connectivity index (χ0) is 15.2. The van der Waals surface area contributed by atoms with E-state index in [1.54, 1.807) is 6.20 Å².